The van der Waals surface area contributed by atoms with Gasteiger partial charge in [0, 0.05) is 5.92 Å². The lowest BCUT2D eigenvalue weighted by Crippen LogP contribution is -2.44. The van der Waals surface area contributed by atoms with E-state index in [1.165, 1.54) is 25.7 Å². The number of alkyl halides is 5. The first-order chi connectivity index (χ1) is 13.3. The summed E-state index contributed by atoms with van der Waals surface area (Å²) in [7, 11) is 0. The zero-order chi connectivity index (χ0) is 20.6. The first-order valence-corrected chi connectivity index (χ1v) is 10.4. The van der Waals surface area contributed by atoms with E-state index < -0.39 is 18.0 Å². The van der Waals surface area contributed by atoms with E-state index in [4.69, 9.17) is 4.74 Å². The molecular formula is C22H31F5O. The van der Waals surface area contributed by atoms with Crippen molar-refractivity contribution in [3.8, 4) is 5.75 Å². The van der Waals surface area contributed by atoms with Crippen molar-refractivity contribution in [2.45, 2.75) is 89.1 Å². The van der Waals surface area contributed by atoms with E-state index >= 15 is 0 Å². The van der Waals surface area contributed by atoms with E-state index in [1.807, 2.05) is 24.3 Å². The number of hydrogen-bond acceptors (Lipinski definition) is 1. The molecule has 1 aromatic carbocycles. The van der Waals surface area contributed by atoms with Crippen molar-refractivity contribution >= 4 is 0 Å². The third kappa shape index (κ3) is 6.35. The molecule has 0 bridgehead atoms. The van der Waals surface area contributed by atoms with Crippen LogP contribution in [0, 0.1) is 5.92 Å². The molecule has 1 fully saturated rings. The lowest BCUT2D eigenvalue weighted by atomic mass is 9.76. The molecule has 28 heavy (non-hydrogen) atoms. The number of ether oxygens (including phenoxy) is 1. The minimum Gasteiger partial charge on any atom is -0.494 e. The van der Waals surface area contributed by atoms with Gasteiger partial charge in [0.05, 0.1) is 6.61 Å². The molecule has 0 radical (unpaired) electrons. The van der Waals surface area contributed by atoms with Gasteiger partial charge in [-0.25, -0.2) is 0 Å². The predicted octanol–water partition coefficient (Wildman–Crippen LogP) is 7.90. The number of unbranched alkanes of at least 4 members (excludes halogenated alkanes) is 5. The first kappa shape index (κ1) is 23.0. The van der Waals surface area contributed by atoms with E-state index in [1.54, 1.807) is 0 Å². The fourth-order valence-corrected chi connectivity index (χ4v) is 3.93. The molecule has 0 atom stereocenters. The van der Waals surface area contributed by atoms with Crippen LogP contribution in [0.2, 0.25) is 0 Å². The molecule has 0 N–H and O–H groups in total. The Bertz CT molecular complexity index is 559. The van der Waals surface area contributed by atoms with Gasteiger partial charge >= 0.3 is 12.1 Å². The highest BCUT2D eigenvalue weighted by atomic mass is 19.4. The summed E-state index contributed by atoms with van der Waals surface area (Å²) >= 11 is 0. The predicted molar refractivity (Wildman–Crippen MR) is 101 cm³/mol. The van der Waals surface area contributed by atoms with Gasteiger partial charge in [-0.1, -0.05) is 51.2 Å². The van der Waals surface area contributed by atoms with Crippen molar-refractivity contribution in [2.24, 2.45) is 5.92 Å². The van der Waals surface area contributed by atoms with Crippen LogP contribution in [0.15, 0.2) is 24.3 Å². The summed E-state index contributed by atoms with van der Waals surface area (Å²) in [4.78, 5) is 0. The normalized spacial score (nSPS) is 20.9. The summed E-state index contributed by atoms with van der Waals surface area (Å²) in [5.74, 6) is -5.39. The Kier molecular flexibility index (Phi) is 8.56. The maximum absolute atomic E-state index is 13.5. The SMILES string of the molecule is CCCCCCCCOc1ccc([C@H]2CC[C@H](C(F)(F)C(F)(F)F)CC2)cc1. The van der Waals surface area contributed by atoms with Crippen LogP contribution in [0.5, 0.6) is 5.75 Å². The second-order valence-corrected chi connectivity index (χ2v) is 7.85. The molecule has 2 rings (SSSR count). The van der Waals surface area contributed by atoms with Gasteiger partial charge in [0.1, 0.15) is 5.75 Å². The van der Waals surface area contributed by atoms with E-state index in [9.17, 15) is 22.0 Å². The number of benzene rings is 1. The standard InChI is InChI=1S/C22H31F5O/c1-2-3-4-5-6-7-16-28-20-14-10-18(11-15-20)17-8-12-19(13-9-17)21(23,24)22(25,26)27/h10-11,14-15,17,19H,2-9,12-13,16H2,1H3/t17-,19-. The smallest absolute Gasteiger partial charge is 0.453 e. The third-order valence-electron chi connectivity index (χ3n) is 5.74. The molecule has 160 valence electrons. The first-order valence-electron chi connectivity index (χ1n) is 10.4. The summed E-state index contributed by atoms with van der Waals surface area (Å²) in [5, 5.41) is 0. The van der Waals surface area contributed by atoms with Gasteiger partial charge in [-0.15, -0.1) is 0 Å². The largest absolute Gasteiger partial charge is 0.494 e. The van der Waals surface area contributed by atoms with Crippen LogP contribution in [-0.4, -0.2) is 18.7 Å². The van der Waals surface area contributed by atoms with Crippen molar-refractivity contribution in [3.63, 3.8) is 0 Å². The molecule has 1 aliphatic carbocycles. The molecule has 0 aromatic heterocycles. The molecule has 0 heterocycles. The van der Waals surface area contributed by atoms with Gasteiger partial charge in [0.15, 0.2) is 0 Å². The van der Waals surface area contributed by atoms with Gasteiger partial charge in [-0.05, 0) is 55.7 Å². The highest BCUT2D eigenvalue weighted by Crippen LogP contribution is 2.49. The average molecular weight is 406 g/mol. The summed E-state index contributed by atoms with van der Waals surface area (Å²) in [5.41, 5.74) is 0.987. The van der Waals surface area contributed by atoms with E-state index in [2.05, 4.69) is 6.92 Å². The number of hydrogen-bond donors (Lipinski definition) is 0. The van der Waals surface area contributed by atoms with Gasteiger partial charge in [-0.2, -0.15) is 22.0 Å². The Balaban J connectivity index is 1.74. The molecule has 1 aromatic rings. The van der Waals surface area contributed by atoms with Crippen LogP contribution in [0.4, 0.5) is 22.0 Å². The van der Waals surface area contributed by atoms with E-state index in [0.29, 0.717) is 19.4 Å². The third-order valence-corrected chi connectivity index (χ3v) is 5.74. The Labute approximate surface area is 164 Å². The number of rotatable bonds is 10. The zero-order valence-electron chi connectivity index (χ0n) is 16.5. The Hall–Kier alpha value is -1.33. The van der Waals surface area contributed by atoms with E-state index in [-0.39, 0.29) is 18.8 Å². The lowest BCUT2D eigenvalue weighted by Gasteiger charge is -2.34. The quantitative estimate of drug-likeness (QED) is 0.283. The van der Waals surface area contributed by atoms with Crippen molar-refractivity contribution in [1.29, 1.82) is 0 Å². The monoisotopic (exact) mass is 406 g/mol. The van der Waals surface area contributed by atoms with Crippen LogP contribution < -0.4 is 4.74 Å². The summed E-state index contributed by atoms with van der Waals surface area (Å²) in [6.07, 6.45) is 2.22. The molecule has 0 amide bonds. The van der Waals surface area contributed by atoms with Crippen LogP contribution >= 0.6 is 0 Å². The second-order valence-electron chi connectivity index (χ2n) is 7.85. The Morgan fingerprint density at radius 1 is 0.821 bits per heavy atom. The maximum atomic E-state index is 13.5. The highest BCUT2D eigenvalue weighted by Gasteiger charge is 2.62. The van der Waals surface area contributed by atoms with Crippen LogP contribution in [0.1, 0.15) is 82.6 Å². The van der Waals surface area contributed by atoms with Crippen molar-refractivity contribution in [2.75, 3.05) is 6.61 Å². The Morgan fingerprint density at radius 3 is 1.96 bits per heavy atom. The summed E-state index contributed by atoms with van der Waals surface area (Å²) < 4.78 is 70.3. The van der Waals surface area contributed by atoms with E-state index in [0.717, 1.165) is 24.2 Å². The van der Waals surface area contributed by atoms with Gasteiger partial charge in [0.25, 0.3) is 0 Å². The fourth-order valence-electron chi connectivity index (χ4n) is 3.93. The second kappa shape index (κ2) is 10.4. The van der Waals surface area contributed by atoms with Crippen LogP contribution in [0.25, 0.3) is 0 Å². The van der Waals surface area contributed by atoms with Gasteiger partial charge in [-0.3, -0.25) is 0 Å². The molecule has 6 heteroatoms. The number of halogens is 5. The van der Waals surface area contributed by atoms with Crippen molar-refractivity contribution < 1.29 is 26.7 Å². The summed E-state index contributed by atoms with van der Waals surface area (Å²) in [6, 6.07) is 7.54. The van der Waals surface area contributed by atoms with Crippen LogP contribution in [0.3, 0.4) is 0 Å². The molecule has 1 saturated carbocycles. The topological polar surface area (TPSA) is 9.23 Å². The molecule has 0 saturated heterocycles. The fraction of sp³-hybridized carbons (Fsp3) is 0.727. The average Bonchev–Trinajstić information content (AvgIpc) is 2.67. The van der Waals surface area contributed by atoms with Crippen molar-refractivity contribution in [3.05, 3.63) is 29.8 Å². The maximum Gasteiger partial charge on any atom is 0.453 e. The van der Waals surface area contributed by atoms with Crippen LogP contribution in [-0.2, 0) is 0 Å². The molecule has 0 unspecified atom stereocenters. The molecule has 1 aliphatic rings. The lowest BCUT2D eigenvalue weighted by molar-refractivity contribution is -0.305. The van der Waals surface area contributed by atoms with Crippen molar-refractivity contribution in [1.82, 2.24) is 0 Å². The minimum atomic E-state index is -5.46. The summed E-state index contributed by atoms with van der Waals surface area (Å²) in [6.45, 7) is 2.86. The molecule has 0 aliphatic heterocycles. The zero-order valence-corrected chi connectivity index (χ0v) is 16.5. The molecular weight excluding hydrogens is 375 g/mol. The van der Waals surface area contributed by atoms with Gasteiger partial charge in [0.2, 0.25) is 0 Å². The minimum absolute atomic E-state index is 0.0351. The molecule has 0 spiro atoms. The highest BCUT2D eigenvalue weighted by molar-refractivity contribution is 5.29. The Morgan fingerprint density at radius 2 is 1.39 bits per heavy atom. The molecule has 1 nitrogen and oxygen atoms in total. The van der Waals surface area contributed by atoms with Gasteiger partial charge < -0.3 is 4.74 Å².